The van der Waals surface area contributed by atoms with Gasteiger partial charge in [-0.25, -0.2) is 0 Å². The van der Waals surface area contributed by atoms with E-state index in [9.17, 15) is 4.79 Å². The molecule has 0 saturated heterocycles. The van der Waals surface area contributed by atoms with Gasteiger partial charge < -0.3 is 20.7 Å². The van der Waals surface area contributed by atoms with Crippen molar-refractivity contribution in [3.05, 3.63) is 35.4 Å². The average molecular weight is 403 g/mol. The molecule has 0 spiro atoms. The van der Waals surface area contributed by atoms with Crippen molar-refractivity contribution in [1.29, 1.82) is 0 Å². The van der Waals surface area contributed by atoms with Crippen molar-refractivity contribution in [1.82, 2.24) is 16.0 Å². The van der Waals surface area contributed by atoms with Crippen LogP contribution in [-0.4, -0.2) is 50.8 Å². The first-order valence-corrected chi connectivity index (χ1v) is 11.1. The summed E-state index contributed by atoms with van der Waals surface area (Å²) in [5.41, 5.74) is 1.72. The Bertz CT molecular complexity index is 654. The van der Waals surface area contributed by atoms with Gasteiger partial charge in [0, 0.05) is 32.3 Å². The summed E-state index contributed by atoms with van der Waals surface area (Å²) in [7, 11) is 1.65. The lowest BCUT2D eigenvalue weighted by Crippen LogP contribution is -2.43. The Morgan fingerprint density at radius 1 is 1.17 bits per heavy atom. The molecule has 0 radical (unpaired) electrons. The number of rotatable bonds is 10. The Labute approximate surface area is 175 Å². The Morgan fingerprint density at radius 3 is 2.66 bits per heavy atom. The molecule has 29 heavy (non-hydrogen) atoms. The maximum Gasteiger partial charge on any atom is 0.251 e. The van der Waals surface area contributed by atoms with Crippen LogP contribution in [0.5, 0.6) is 0 Å². The lowest BCUT2D eigenvalue weighted by Gasteiger charge is -2.36. The van der Waals surface area contributed by atoms with Crippen molar-refractivity contribution in [2.45, 2.75) is 64.4 Å². The predicted octanol–water partition coefficient (Wildman–Crippen LogP) is 3.27. The van der Waals surface area contributed by atoms with Crippen molar-refractivity contribution in [3.63, 3.8) is 0 Å². The van der Waals surface area contributed by atoms with Crippen molar-refractivity contribution in [3.8, 4) is 0 Å². The van der Waals surface area contributed by atoms with Crippen LogP contribution in [-0.2, 0) is 11.2 Å². The summed E-state index contributed by atoms with van der Waals surface area (Å²) in [6.07, 6.45) is 7.82. The highest BCUT2D eigenvalue weighted by Crippen LogP contribution is 2.32. The van der Waals surface area contributed by atoms with Crippen LogP contribution in [0.3, 0.4) is 0 Å². The SMILES string of the molecule is CCCOC1(CN=C(NCC)NCCc2cccc(C(=O)NC)c2)CCCCC1. The minimum Gasteiger partial charge on any atom is -0.373 e. The fraction of sp³-hybridized carbons (Fsp3) is 0.652. The number of hydrogen-bond acceptors (Lipinski definition) is 3. The van der Waals surface area contributed by atoms with Gasteiger partial charge in [0.2, 0.25) is 0 Å². The van der Waals surface area contributed by atoms with Crippen LogP contribution < -0.4 is 16.0 Å². The number of aliphatic imine (C=N–C) groups is 1. The van der Waals surface area contributed by atoms with E-state index in [1.54, 1.807) is 7.05 Å². The molecule has 0 unspecified atom stereocenters. The molecule has 6 nitrogen and oxygen atoms in total. The maximum atomic E-state index is 11.8. The monoisotopic (exact) mass is 402 g/mol. The molecule has 1 fully saturated rings. The van der Waals surface area contributed by atoms with Gasteiger partial charge in [-0.15, -0.1) is 0 Å². The Hall–Kier alpha value is -2.08. The van der Waals surface area contributed by atoms with Gasteiger partial charge in [0.25, 0.3) is 5.91 Å². The largest absolute Gasteiger partial charge is 0.373 e. The molecular formula is C23H38N4O2. The van der Waals surface area contributed by atoms with Gasteiger partial charge in [-0.1, -0.05) is 38.3 Å². The smallest absolute Gasteiger partial charge is 0.251 e. The Morgan fingerprint density at radius 2 is 1.97 bits per heavy atom. The summed E-state index contributed by atoms with van der Waals surface area (Å²) < 4.78 is 6.27. The number of nitrogens with zero attached hydrogens (tertiary/aromatic N) is 1. The third kappa shape index (κ3) is 7.69. The molecule has 0 aliphatic heterocycles. The number of hydrogen-bond donors (Lipinski definition) is 3. The first kappa shape index (κ1) is 23.2. The number of carbonyl (C=O) groups is 1. The van der Waals surface area contributed by atoms with Gasteiger partial charge in [0.05, 0.1) is 12.1 Å². The van der Waals surface area contributed by atoms with E-state index in [1.165, 1.54) is 19.3 Å². The number of nitrogens with one attached hydrogen (secondary N) is 3. The fourth-order valence-electron chi connectivity index (χ4n) is 3.77. The summed E-state index contributed by atoms with van der Waals surface area (Å²) in [5, 5.41) is 9.44. The van der Waals surface area contributed by atoms with Crippen LogP contribution in [0.15, 0.2) is 29.3 Å². The second-order valence-electron chi connectivity index (χ2n) is 7.74. The van der Waals surface area contributed by atoms with Gasteiger partial charge in [0.1, 0.15) is 0 Å². The summed E-state index contributed by atoms with van der Waals surface area (Å²) in [4.78, 5) is 16.7. The van der Waals surface area contributed by atoms with Crippen LogP contribution in [0, 0.1) is 0 Å². The quantitative estimate of drug-likeness (QED) is 0.415. The molecule has 1 amide bonds. The van der Waals surface area contributed by atoms with Gasteiger partial charge in [0.15, 0.2) is 5.96 Å². The van der Waals surface area contributed by atoms with E-state index >= 15 is 0 Å². The van der Waals surface area contributed by atoms with Crippen LogP contribution in [0.25, 0.3) is 0 Å². The van der Waals surface area contributed by atoms with E-state index < -0.39 is 0 Å². The summed E-state index contributed by atoms with van der Waals surface area (Å²) in [6, 6.07) is 7.76. The fourth-order valence-corrected chi connectivity index (χ4v) is 3.77. The average Bonchev–Trinajstić information content (AvgIpc) is 2.76. The molecule has 0 atom stereocenters. The molecule has 2 rings (SSSR count). The second-order valence-corrected chi connectivity index (χ2v) is 7.74. The Balaban J connectivity index is 1.93. The number of amides is 1. The van der Waals surface area contributed by atoms with E-state index in [-0.39, 0.29) is 11.5 Å². The van der Waals surface area contributed by atoms with Crippen molar-refractivity contribution < 1.29 is 9.53 Å². The molecule has 1 aromatic rings. The topological polar surface area (TPSA) is 74.8 Å². The normalized spacial score (nSPS) is 16.3. The molecule has 1 aliphatic rings. The molecule has 0 bridgehead atoms. The maximum absolute atomic E-state index is 11.8. The number of ether oxygens (including phenoxy) is 1. The second kappa shape index (κ2) is 12.5. The lowest BCUT2D eigenvalue weighted by molar-refractivity contribution is -0.0624. The molecule has 1 aromatic carbocycles. The molecule has 0 aromatic heterocycles. The first-order valence-electron chi connectivity index (χ1n) is 11.1. The van der Waals surface area contributed by atoms with Crippen LogP contribution in [0.1, 0.15) is 68.3 Å². The summed E-state index contributed by atoms with van der Waals surface area (Å²) in [6.45, 7) is 7.32. The van der Waals surface area contributed by atoms with Gasteiger partial charge in [-0.3, -0.25) is 9.79 Å². The van der Waals surface area contributed by atoms with Crippen molar-refractivity contribution in [2.75, 3.05) is 33.3 Å². The number of guanidine groups is 1. The van der Waals surface area contributed by atoms with E-state index in [2.05, 4.69) is 29.8 Å². The van der Waals surface area contributed by atoms with E-state index in [4.69, 9.17) is 9.73 Å². The van der Waals surface area contributed by atoms with Crippen LogP contribution in [0.2, 0.25) is 0 Å². The zero-order valence-electron chi connectivity index (χ0n) is 18.4. The molecule has 1 aliphatic carbocycles. The van der Waals surface area contributed by atoms with Crippen molar-refractivity contribution >= 4 is 11.9 Å². The summed E-state index contributed by atoms with van der Waals surface area (Å²) >= 11 is 0. The number of carbonyl (C=O) groups excluding carboxylic acids is 1. The number of benzene rings is 1. The molecule has 162 valence electrons. The zero-order valence-corrected chi connectivity index (χ0v) is 18.4. The molecule has 6 heteroatoms. The van der Waals surface area contributed by atoms with Crippen molar-refractivity contribution in [2.24, 2.45) is 4.99 Å². The molecule has 0 heterocycles. The Kier molecular flexibility index (Phi) is 9.98. The van der Waals surface area contributed by atoms with E-state index in [0.717, 1.165) is 56.9 Å². The lowest BCUT2D eigenvalue weighted by atomic mass is 9.84. The van der Waals surface area contributed by atoms with Crippen LogP contribution >= 0.6 is 0 Å². The minimum absolute atomic E-state index is 0.0560. The third-order valence-electron chi connectivity index (χ3n) is 5.37. The van der Waals surface area contributed by atoms with Gasteiger partial charge in [-0.05, 0) is 50.3 Å². The highest BCUT2D eigenvalue weighted by molar-refractivity contribution is 5.94. The van der Waals surface area contributed by atoms with E-state index in [0.29, 0.717) is 12.1 Å². The standard InChI is InChI=1S/C23H38N4O2/c1-4-16-29-23(13-7-6-8-14-23)18-27-22(25-5-2)26-15-12-19-10-9-11-20(17-19)21(28)24-3/h9-11,17H,4-8,12-16,18H2,1-3H3,(H,24,28)(H2,25,26,27). The highest BCUT2D eigenvalue weighted by Gasteiger charge is 2.32. The van der Waals surface area contributed by atoms with E-state index in [1.807, 2.05) is 24.3 Å². The highest BCUT2D eigenvalue weighted by atomic mass is 16.5. The summed E-state index contributed by atoms with van der Waals surface area (Å²) in [5.74, 6) is 0.777. The predicted molar refractivity (Wildman–Crippen MR) is 120 cm³/mol. The van der Waals surface area contributed by atoms with Gasteiger partial charge >= 0.3 is 0 Å². The zero-order chi connectivity index (χ0) is 21.0. The first-order chi connectivity index (χ1) is 14.1. The van der Waals surface area contributed by atoms with Gasteiger partial charge in [-0.2, -0.15) is 0 Å². The molecule has 3 N–H and O–H groups in total. The third-order valence-corrected chi connectivity index (χ3v) is 5.37. The molecule has 1 saturated carbocycles. The molecular weight excluding hydrogens is 364 g/mol. The minimum atomic E-state index is -0.0988. The van der Waals surface area contributed by atoms with Crippen LogP contribution in [0.4, 0.5) is 0 Å².